The number of halogens is 1. The Morgan fingerprint density at radius 3 is 2.75 bits per heavy atom. The van der Waals surface area contributed by atoms with Crippen LogP contribution in [0, 0.1) is 0 Å². The van der Waals surface area contributed by atoms with Crippen LogP contribution in [0.1, 0.15) is 38.7 Å². The van der Waals surface area contributed by atoms with Crippen molar-refractivity contribution in [2.45, 2.75) is 33.1 Å². The van der Waals surface area contributed by atoms with Gasteiger partial charge in [0, 0.05) is 6.54 Å². The van der Waals surface area contributed by atoms with E-state index >= 15 is 0 Å². The molecule has 0 saturated carbocycles. The smallest absolute Gasteiger partial charge is 0.305 e. The summed E-state index contributed by atoms with van der Waals surface area (Å²) in [5, 5.41) is 8.83. The number of carboxylic acids is 1. The maximum absolute atomic E-state index is 12.6. The van der Waals surface area contributed by atoms with Crippen molar-refractivity contribution in [3.05, 3.63) is 27.1 Å². The van der Waals surface area contributed by atoms with Gasteiger partial charge in [-0.25, -0.2) is 0 Å². The molecule has 0 unspecified atom stereocenters. The molecule has 1 N–H and O–H groups in total. The Hall–Kier alpha value is -1.58. The molecule has 9 heteroatoms. The fraction of sp³-hybridized carbons (Fsp3) is 0.421. The van der Waals surface area contributed by atoms with Crippen molar-refractivity contribution >= 4 is 62.2 Å². The molecule has 1 saturated heterocycles. The number of rotatable bonds is 10. The summed E-state index contributed by atoms with van der Waals surface area (Å²) in [6, 6.07) is 3.67. The molecule has 1 aliphatic heterocycles. The molecule has 0 radical (unpaired) electrons. The Morgan fingerprint density at radius 1 is 1.36 bits per heavy atom. The summed E-state index contributed by atoms with van der Waals surface area (Å²) in [6.07, 6.45) is 3.55. The fourth-order valence-corrected chi connectivity index (χ4v) is 4.33. The average molecular weight is 488 g/mol. The standard InChI is InChI=1S/C19H22BrNO5S2/c1-3-5-8-26-17-13(20)9-12(10-14(17)25-4-2)11-15-18(24)21(19(27)28-15)7-6-16(22)23/h9-11H,3-8H2,1-2H3,(H,22,23)/b15-11-. The minimum Gasteiger partial charge on any atom is -0.490 e. The molecule has 0 spiro atoms. The van der Waals surface area contributed by atoms with Gasteiger partial charge in [0.15, 0.2) is 11.5 Å². The van der Waals surface area contributed by atoms with Crippen LogP contribution in [0.2, 0.25) is 0 Å². The lowest BCUT2D eigenvalue weighted by Gasteiger charge is -2.14. The SMILES string of the molecule is CCCCOc1c(Br)cc(/C=C2\SC(=S)N(CCC(=O)O)C2=O)cc1OCC. The van der Waals surface area contributed by atoms with Crippen LogP contribution in [0.3, 0.4) is 0 Å². The first-order valence-electron chi connectivity index (χ1n) is 8.93. The number of amides is 1. The number of aliphatic carboxylic acids is 1. The van der Waals surface area contributed by atoms with Gasteiger partial charge in [0.1, 0.15) is 4.32 Å². The van der Waals surface area contributed by atoms with E-state index in [0.29, 0.717) is 33.9 Å². The molecule has 28 heavy (non-hydrogen) atoms. The van der Waals surface area contributed by atoms with E-state index in [-0.39, 0.29) is 18.9 Å². The van der Waals surface area contributed by atoms with Gasteiger partial charge in [0.05, 0.1) is 29.0 Å². The Kier molecular flexibility index (Phi) is 8.78. The van der Waals surface area contributed by atoms with E-state index < -0.39 is 5.97 Å². The van der Waals surface area contributed by atoms with Gasteiger partial charge in [-0.15, -0.1) is 0 Å². The summed E-state index contributed by atoms with van der Waals surface area (Å²) in [5.74, 6) is -0.0161. The van der Waals surface area contributed by atoms with Gasteiger partial charge in [-0.05, 0) is 53.0 Å². The van der Waals surface area contributed by atoms with Gasteiger partial charge >= 0.3 is 5.97 Å². The van der Waals surface area contributed by atoms with E-state index in [4.69, 9.17) is 26.8 Å². The Bertz CT molecular complexity index is 797. The maximum Gasteiger partial charge on any atom is 0.305 e. The zero-order valence-corrected chi connectivity index (χ0v) is 18.9. The summed E-state index contributed by atoms with van der Waals surface area (Å²) in [6.45, 7) is 5.13. The molecule has 1 aromatic carbocycles. The second-order valence-electron chi connectivity index (χ2n) is 5.94. The number of thioether (sulfide) groups is 1. The number of thiocarbonyl (C=S) groups is 1. The number of ether oxygens (including phenoxy) is 2. The van der Waals surface area contributed by atoms with Crippen LogP contribution in [0.5, 0.6) is 11.5 Å². The fourth-order valence-electron chi connectivity index (χ4n) is 2.44. The number of hydrogen-bond donors (Lipinski definition) is 1. The number of benzene rings is 1. The van der Waals surface area contributed by atoms with Gasteiger partial charge in [-0.3, -0.25) is 14.5 Å². The molecule has 0 aliphatic carbocycles. The first kappa shape index (κ1) is 22.7. The normalized spacial score (nSPS) is 15.4. The largest absolute Gasteiger partial charge is 0.490 e. The lowest BCUT2D eigenvalue weighted by Crippen LogP contribution is -2.30. The van der Waals surface area contributed by atoms with E-state index in [0.717, 1.165) is 34.6 Å². The van der Waals surface area contributed by atoms with E-state index in [1.807, 2.05) is 19.1 Å². The molecule has 0 aromatic heterocycles. The number of unbranched alkanes of at least 4 members (excludes halogenated alkanes) is 1. The molecular weight excluding hydrogens is 466 g/mol. The Morgan fingerprint density at radius 2 is 2.11 bits per heavy atom. The molecule has 1 aliphatic rings. The zero-order valence-electron chi connectivity index (χ0n) is 15.7. The lowest BCUT2D eigenvalue weighted by molar-refractivity contribution is -0.137. The van der Waals surface area contributed by atoms with E-state index in [1.54, 1.807) is 6.08 Å². The lowest BCUT2D eigenvalue weighted by atomic mass is 10.1. The quantitative estimate of drug-likeness (QED) is 0.291. The van der Waals surface area contributed by atoms with Gasteiger partial charge in [0.25, 0.3) is 5.91 Å². The van der Waals surface area contributed by atoms with Crippen LogP contribution in [0.25, 0.3) is 6.08 Å². The van der Waals surface area contributed by atoms with Gasteiger partial charge in [-0.2, -0.15) is 0 Å². The van der Waals surface area contributed by atoms with Crippen LogP contribution < -0.4 is 9.47 Å². The first-order valence-corrected chi connectivity index (χ1v) is 10.9. The van der Waals surface area contributed by atoms with Crippen molar-refractivity contribution < 1.29 is 24.2 Å². The zero-order chi connectivity index (χ0) is 20.7. The maximum atomic E-state index is 12.6. The number of carboxylic acid groups (broad SMARTS) is 1. The Balaban J connectivity index is 2.26. The second-order valence-corrected chi connectivity index (χ2v) is 8.47. The van der Waals surface area contributed by atoms with Crippen LogP contribution in [-0.2, 0) is 9.59 Å². The highest BCUT2D eigenvalue weighted by atomic mass is 79.9. The average Bonchev–Trinajstić information content (AvgIpc) is 2.89. The van der Waals surface area contributed by atoms with E-state index in [2.05, 4.69) is 22.9 Å². The van der Waals surface area contributed by atoms with Crippen molar-refractivity contribution in [3.63, 3.8) is 0 Å². The van der Waals surface area contributed by atoms with Crippen LogP contribution in [0.15, 0.2) is 21.5 Å². The molecule has 1 heterocycles. The molecule has 6 nitrogen and oxygen atoms in total. The highest BCUT2D eigenvalue weighted by Crippen LogP contribution is 2.39. The van der Waals surface area contributed by atoms with Crippen LogP contribution in [-0.4, -0.2) is 46.0 Å². The molecule has 1 amide bonds. The third-order valence-electron chi connectivity index (χ3n) is 3.80. The van der Waals surface area contributed by atoms with Crippen molar-refractivity contribution in [1.82, 2.24) is 4.90 Å². The number of carbonyl (C=O) groups excluding carboxylic acids is 1. The summed E-state index contributed by atoms with van der Waals surface area (Å²) >= 11 is 9.90. The molecular formula is C19H22BrNO5S2. The van der Waals surface area contributed by atoms with Crippen LogP contribution in [0.4, 0.5) is 0 Å². The van der Waals surface area contributed by atoms with Crippen molar-refractivity contribution in [1.29, 1.82) is 0 Å². The monoisotopic (exact) mass is 487 g/mol. The van der Waals surface area contributed by atoms with Gasteiger partial charge < -0.3 is 14.6 Å². The van der Waals surface area contributed by atoms with Gasteiger partial charge in [-0.1, -0.05) is 37.3 Å². The molecule has 152 valence electrons. The minimum absolute atomic E-state index is 0.0649. The predicted octanol–water partition coefficient (Wildman–Crippen LogP) is 4.70. The van der Waals surface area contributed by atoms with Crippen molar-refractivity contribution in [2.24, 2.45) is 0 Å². The third kappa shape index (κ3) is 5.96. The molecule has 0 bridgehead atoms. The molecule has 0 atom stereocenters. The first-order chi connectivity index (χ1) is 13.4. The second kappa shape index (κ2) is 10.8. The van der Waals surface area contributed by atoms with Crippen molar-refractivity contribution in [2.75, 3.05) is 19.8 Å². The molecule has 2 rings (SSSR count). The highest BCUT2D eigenvalue weighted by Gasteiger charge is 2.32. The summed E-state index contributed by atoms with van der Waals surface area (Å²) in [4.78, 5) is 25.1. The number of hydrogen-bond acceptors (Lipinski definition) is 6. The van der Waals surface area contributed by atoms with Crippen LogP contribution >= 0.6 is 39.9 Å². The summed E-state index contributed by atoms with van der Waals surface area (Å²) < 4.78 is 12.7. The number of nitrogens with zero attached hydrogens (tertiary/aromatic N) is 1. The van der Waals surface area contributed by atoms with Crippen molar-refractivity contribution in [3.8, 4) is 11.5 Å². The Labute approximate surface area is 182 Å². The van der Waals surface area contributed by atoms with E-state index in [1.165, 1.54) is 4.90 Å². The molecule has 1 aromatic rings. The van der Waals surface area contributed by atoms with Gasteiger partial charge in [0.2, 0.25) is 0 Å². The molecule has 1 fully saturated rings. The summed E-state index contributed by atoms with van der Waals surface area (Å²) in [5.41, 5.74) is 0.761. The predicted molar refractivity (Wildman–Crippen MR) is 118 cm³/mol. The number of carbonyl (C=O) groups is 2. The minimum atomic E-state index is -0.970. The topological polar surface area (TPSA) is 76.1 Å². The summed E-state index contributed by atoms with van der Waals surface area (Å²) in [7, 11) is 0. The van der Waals surface area contributed by atoms with E-state index in [9.17, 15) is 9.59 Å². The third-order valence-corrected chi connectivity index (χ3v) is 5.76. The highest BCUT2D eigenvalue weighted by molar-refractivity contribution is 9.10.